The zero-order chi connectivity index (χ0) is 9.28. The van der Waals surface area contributed by atoms with Crippen LogP contribution in [-0.4, -0.2) is 36.1 Å². The van der Waals surface area contributed by atoms with Crippen LogP contribution in [0.5, 0.6) is 0 Å². The van der Waals surface area contributed by atoms with Gasteiger partial charge in [0.1, 0.15) is 0 Å². The van der Waals surface area contributed by atoms with Gasteiger partial charge in [-0.15, -0.1) is 0 Å². The number of halogens is 3. The van der Waals surface area contributed by atoms with E-state index in [0.29, 0.717) is 0 Å². The van der Waals surface area contributed by atoms with Crippen LogP contribution >= 0.6 is 0 Å². The first kappa shape index (κ1) is 20.1. The van der Waals surface area contributed by atoms with Crippen molar-refractivity contribution in [2.75, 3.05) is 6.61 Å². The van der Waals surface area contributed by atoms with Gasteiger partial charge in [-0.25, -0.2) is 4.39 Å². The zero-order valence-corrected chi connectivity index (χ0v) is 11.9. The molecule has 1 unspecified atom stereocenters. The Morgan fingerprint density at radius 1 is 1.38 bits per heavy atom. The van der Waals surface area contributed by atoms with Crippen LogP contribution in [0.1, 0.15) is 2.85 Å². The van der Waals surface area contributed by atoms with Gasteiger partial charge in [-0.3, -0.25) is 4.55 Å². The Labute approximate surface area is 120 Å². The van der Waals surface area contributed by atoms with Gasteiger partial charge in [-0.1, -0.05) is 0 Å². The molecule has 0 bridgehead atoms. The van der Waals surface area contributed by atoms with Gasteiger partial charge in [-0.05, 0) is 0 Å². The fraction of sp³-hybridized carbons (Fsp3) is 1.00. The molecule has 0 radical (unpaired) electrons. The normalized spacial score (nSPS) is 13.9. The molecule has 0 fully saturated rings. The molecule has 0 heterocycles. The molecule has 0 saturated carbocycles. The average Bonchev–Trinajstić information content (AvgIpc) is 1.83. The van der Waals surface area contributed by atoms with Crippen molar-refractivity contribution in [1.82, 2.24) is 0 Å². The Morgan fingerprint density at radius 3 is 1.77 bits per heavy atom. The van der Waals surface area contributed by atoms with Gasteiger partial charge in [0.05, 0.1) is 6.61 Å². The molecule has 0 aliphatic carbocycles. The van der Waals surface area contributed by atoms with E-state index in [-0.39, 0.29) is 62.0 Å². The van der Waals surface area contributed by atoms with Crippen LogP contribution in [0.25, 0.3) is 0 Å². The molecule has 0 spiro atoms. The number of rotatable bonds is 3. The van der Waals surface area contributed by atoms with E-state index in [9.17, 15) is 21.6 Å². The maximum absolute atomic E-state index is 12.0. The van der Waals surface area contributed by atoms with E-state index in [2.05, 4.69) is 0 Å². The molecule has 0 amide bonds. The third-order valence-electron chi connectivity index (χ3n) is 0.869. The van der Waals surface area contributed by atoms with Crippen molar-refractivity contribution in [2.24, 2.45) is 0 Å². The van der Waals surface area contributed by atoms with Gasteiger partial charge >= 0.3 is 74.5 Å². The van der Waals surface area contributed by atoms with Gasteiger partial charge in [0.25, 0.3) is 0 Å². The molecule has 72 valence electrons. The summed E-state index contributed by atoms with van der Waals surface area (Å²) in [6, 6.07) is 0. The van der Waals surface area contributed by atoms with Crippen LogP contribution in [-0.2, 0) is 10.1 Å². The van der Waals surface area contributed by atoms with Crippen molar-refractivity contribution >= 4 is 10.1 Å². The van der Waals surface area contributed by atoms with Crippen molar-refractivity contribution in [3.8, 4) is 0 Å². The van der Waals surface area contributed by atoms with Crippen LogP contribution in [0.3, 0.4) is 0 Å². The number of aliphatic hydroxyl groups is 1. The molecular weight excluding hydrogens is 235 g/mol. The molecule has 10 heteroatoms. The van der Waals surface area contributed by atoms with Gasteiger partial charge < -0.3 is 7.96 Å². The second-order valence-electron chi connectivity index (χ2n) is 1.69. The molecule has 0 aromatic heterocycles. The van der Waals surface area contributed by atoms with Crippen molar-refractivity contribution in [3.05, 3.63) is 0 Å². The number of hydrogen-bond acceptors (Lipinski definition) is 3. The number of hydrogen-bond donors (Lipinski definition) is 2. The minimum absolute atomic E-state index is 0. The maximum atomic E-state index is 12.0. The first-order valence-electron chi connectivity index (χ1n) is 2.33. The molecule has 0 aromatic carbocycles. The Hall–Kier alpha value is 1.66. The summed E-state index contributed by atoms with van der Waals surface area (Å²) in [5, 5.41) is 2.86. The fourth-order valence-corrected chi connectivity index (χ4v) is 0.666. The van der Waals surface area contributed by atoms with Crippen molar-refractivity contribution < 1.29 is 93.2 Å². The Kier molecular flexibility index (Phi) is 10.9. The molecule has 0 aromatic rings. The summed E-state index contributed by atoms with van der Waals surface area (Å²) in [5.41, 5.74) is 0. The van der Waals surface area contributed by atoms with E-state index in [1.54, 1.807) is 0 Å². The Morgan fingerprint density at radius 2 is 1.69 bits per heavy atom. The quantitative estimate of drug-likeness (QED) is 0.382. The van der Waals surface area contributed by atoms with Crippen molar-refractivity contribution in [3.63, 3.8) is 0 Å². The van der Waals surface area contributed by atoms with E-state index in [1.165, 1.54) is 0 Å². The predicted molar refractivity (Wildman–Crippen MR) is 30.7 cm³/mol. The van der Waals surface area contributed by atoms with E-state index >= 15 is 0 Å². The second-order valence-corrected chi connectivity index (χ2v) is 3.18. The van der Waals surface area contributed by atoms with Gasteiger partial charge in [0.2, 0.25) is 6.17 Å². The maximum Gasteiger partial charge on any atom is 1.00 e. The molecule has 0 aliphatic heterocycles. The number of aliphatic hydroxyl groups excluding tert-OH is 1. The topological polar surface area (TPSA) is 74.6 Å². The summed E-state index contributed by atoms with van der Waals surface area (Å²) in [5.74, 6) is 0. The van der Waals surface area contributed by atoms with Gasteiger partial charge in [0, 0.05) is 0 Å². The van der Waals surface area contributed by atoms with Gasteiger partial charge in [0.15, 0.2) is 0 Å². The predicted octanol–water partition coefficient (Wildman–Crippen LogP) is -5.97. The van der Waals surface area contributed by atoms with E-state index in [0.717, 1.165) is 0 Å². The summed E-state index contributed by atoms with van der Waals surface area (Å²) in [4.78, 5) is 0. The van der Waals surface area contributed by atoms with Crippen LogP contribution < -0.4 is 59.1 Å². The van der Waals surface area contributed by atoms with E-state index in [1.807, 2.05) is 0 Å². The third kappa shape index (κ3) is 5.33. The second kappa shape index (κ2) is 7.02. The summed E-state index contributed by atoms with van der Waals surface area (Å²) in [6.07, 6.45) is -3.31. The molecule has 0 aliphatic rings. The third-order valence-corrected chi connectivity index (χ3v) is 1.81. The summed E-state index contributed by atoms with van der Waals surface area (Å²) < 4.78 is 62.9. The molecule has 13 heavy (non-hydrogen) atoms. The monoisotopic (exact) mass is 242 g/mol. The first-order valence-corrected chi connectivity index (χ1v) is 3.77. The molecule has 4 nitrogen and oxygen atoms in total. The van der Waals surface area contributed by atoms with Gasteiger partial charge in [-0.2, -0.15) is 17.2 Å². The Bertz CT molecular complexity index is 239. The number of alkyl halides is 3. The standard InChI is InChI=1S/C3H5F3O4S.2Na.2H/c4-2(1-7)3(5,6)11(8,9)10;;;;/h2,7H,1H2,(H,8,9,10);;;;/q;2*+1;2*-1. The first-order chi connectivity index (χ1) is 4.73. The van der Waals surface area contributed by atoms with Crippen LogP contribution in [0.4, 0.5) is 13.2 Å². The average molecular weight is 242 g/mol. The molecule has 2 N–H and O–H groups in total. The zero-order valence-electron chi connectivity index (χ0n) is 9.04. The largest absolute Gasteiger partial charge is 1.00 e. The van der Waals surface area contributed by atoms with E-state index in [4.69, 9.17) is 9.66 Å². The molecule has 0 saturated heterocycles. The minimum atomic E-state index is -5.78. The smallest absolute Gasteiger partial charge is 1.00 e. The summed E-state index contributed by atoms with van der Waals surface area (Å²) in [7, 11) is -5.78. The van der Waals surface area contributed by atoms with Crippen molar-refractivity contribution in [2.45, 2.75) is 11.4 Å². The SMILES string of the molecule is O=S(=O)(O)C(F)(F)C(F)CO.[H-].[H-].[Na+].[Na+]. The van der Waals surface area contributed by atoms with Crippen molar-refractivity contribution in [1.29, 1.82) is 0 Å². The molecule has 0 rings (SSSR count). The minimum Gasteiger partial charge on any atom is -1.00 e. The Balaban J connectivity index is -0.0000000833. The molecular formula is C3H7F3Na2O4S. The summed E-state index contributed by atoms with van der Waals surface area (Å²) in [6.45, 7) is -1.67. The summed E-state index contributed by atoms with van der Waals surface area (Å²) >= 11 is 0. The van der Waals surface area contributed by atoms with Crippen LogP contribution in [0.15, 0.2) is 0 Å². The van der Waals surface area contributed by atoms with Crippen LogP contribution in [0, 0.1) is 0 Å². The molecule has 1 atom stereocenters. The fourth-order valence-electron chi connectivity index (χ4n) is 0.268. The van der Waals surface area contributed by atoms with Crippen LogP contribution in [0.2, 0.25) is 0 Å². The van der Waals surface area contributed by atoms with E-state index < -0.39 is 28.2 Å².